The number of hydrogen-bond acceptors (Lipinski definition) is 7. The van der Waals surface area contributed by atoms with Crippen molar-refractivity contribution in [3.63, 3.8) is 0 Å². The van der Waals surface area contributed by atoms with Crippen LogP contribution in [0.25, 0.3) is 6.08 Å². The summed E-state index contributed by atoms with van der Waals surface area (Å²) in [5, 5.41) is 2.65. The molecule has 2 amide bonds. The molecular weight excluding hydrogens is 430 g/mol. The molecule has 3 rings (SSSR count). The molecule has 1 N–H and O–H groups in total. The number of nitrogens with zero attached hydrogens (tertiary/aromatic N) is 2. The highest BCUT2D eigenvalue weighted by molar-refractivity contribution is 7.10. The molecular formula is C23H31N3O5S. The number of rotatable bonds is 4. The van der Waals surface area contributed by atoms with Gasteiger partial charge in [0.2, 0.25) is 0 Å². The Hall–Kier alpha value is -2.68. The average Bonchev–Trinajstić information content (AvgIpc) is 3.05. The van der Waals surface area contributed by atoms with Gasteiger partial charge < -0.3 is 14.8 Å². The van der Waals surface area contributed by atoms with Gasteiger partial charge >= 0.3 is 12.1 Å². The fourth-order valence-corrected chi connectivity index (χ4v) is 4.35. The van der Waals surface area contributed by atoms with E-state index in [1.54, 1.807) is 47.1 Å². The minimum atomic E-state index is -0.725. The monoisotopic (exact) mass is 461 g/mol. The average molecular weight is 462 g/mol. The molecule has 8 nitrogen and oxygen atoms in total. The molecule has 2 aliphatic rings. The third-order valence-electron chi connectivity index (χ3n) is 4.96. The normalized spacial score (nSPS) is 21.3. The molecule has 3 heterocycles. The lowest BCUT2D eigenvalue weighted by Crippen LogP contribution is -2.72. The molecule has 0 unspecified atom stereocenters. The second-order valence-electron chi connectivity index (χ2n) is 9.95. The molecule has 0 aliphatic carbocycles. The first-order valence-corrected chi connectivity index (χ1v) is 11.5. The van der Waals surface area contributed by atoms with Crippen molar-refractivity contribution in [3.05, 3.63) is 33.4 Å². The molecule has 0 spiro atoms. The molecule has 1 saturated heterocycles. The van der Waals surface area contributed by atoms with Crippen LogP contribution in [-0.2, 0) is 19.1 Å². The predicted molar refractivity (Wildman–Crippen MR) is 122 cm³/mol. The number of allylic oxidation sites excluding steroid dienone is 2. The summed E-state index contributed by atoms with van der Waals surface area (Å²) in [6.45, 7) is 12.5. The number of aryl methyl sites for hydroxylation is 1. The third-order valence-corrected chi connectivity index (χ3v) is 5.85. The van der Waals surface area contributed by atoms with Gasteiger partial charge in [-0.15, -0.1) is 11.3 Å². The van der Waals surface area contributed by atoms with Gasteiger partial charge in [-0.2, -0.15) is 0 Å². The predicted octanol–water partition coefficient (Wildman–Crippen LogP) is 3.96. The highest BCUT2D eigenvalue weighted by Gasteiger charge is 2.54. The molecule has 1 aromatic heterocycles. The van der Waals surface area contributed by atoms with Crippen LogP contribution in [0.15, 0.2) is 22.9 Å². The smallest absolute Gasteiger partial charge is 0.408 e. The van der Waals surface area contributed by atoms with Crippen LogP contribution in [0, 0.1) is 6.92 Å². The molecule has 174 valence electrons. The van der Waals surface area contributed by atoms with Gasteiger partial charge in [-0.05, 0) is 73.0 Å². The van der Waals surface area contributed by atoms with Crippen molar-refractivity contribution < 1.29 is 23.9 Å². The van der Waals surface area contributed by atoms with Gasteiger partial charge in [0, 0.05) is 4.88 Å². The number of aromatic nitrogens is 1. The van der Waals surface area contributed by atoms with Crippen LogP contribution < -0.4 is 5.32 Å². The largest absolute Gasteiger partial charge is 0.455 e. The van der Waals surface area contributed by atoms with Crippen molar-refractivity contribution in [2.75, 3.05) is 0 Å². The van der Waals surface area contributed by atoms with Crippen molar-refractivity contribution in [1.82, 2.24) is 15.2 Å². The second kappa shape index (κ2) is 8.69. The maximum atomic E-state index is 13.1. The van der Waals surface area contributed by atoms with Gasteiger partial charge in [0.15, 0.2) is 0 Å². The van der Waals surface area contributed by atoms with E-state index in [0.717, 1.165) is 16.1 Å². The zero-order chi connectivity index (χ0) is 23.8. The maximum absolute atomic E-state index is 13.1. The Balaban J connectivity index is 1.87. The molecule has 0 radical (unpaired) electrons. The Morgan fingerprint density at radius 2 is 1.81 bits per heavy atom. The number of ether oxygens (including phenoxy) is 2. The lowest BCUT2D eigenvalue weighted by molar-refractivity contribution is -0.161. The Morgan fingerprint density at radius 1 is 1.16 bits per heavy atom. The molecule has 0 saturated carbocycles. The van der Waals surface area contributed by atoms with Crippen LogP contribution in [0.3, 0.4) is 0 Å². The Labute approximate surface area is 192 Å². The summed E-state index contributed by atoms with van der Waals surface area (Å²) in [5.41, 5.74) is 2.26. The van der Waals surface area contributed by atoms with E-state index in [4.69, 9.17) is 9.47 Å². The number of carbonyl (C=O) groups excluding carboxylic acids is 3. The molecule has 2 aliphatic heterocycles. The fraction of sp³-hybridized carbons (Fsp3) is 0.565. The maximum Gasteiger partial charge on any atom is 0.408 e. The van der Waals surface area contributed by atoms with Crippen LogP contribution in [0.4, 0.5) is 4.79 Å². The Kier molecular flexibility index (Phi) is 6.51. The zero-order valence-electron chi connectivity index (χ0n) is 19.6. The fourth-order valence-electron chi connectivity index (χ4n) is 3.65. The number of amides is 2. The summed E-state index contributed by atoms with van der Waals surface area (Å²) in [6, 6.07) is -1.05. The third kappa shape index (κ3) is 5.38. The highest BCUT2D eigenvalue weighted by atomic mass is 32.1. The second-order valence-corrected chi connectivity index (χ2v) is 10.8. The topological polar surface area (TPSA) is 97.8 Å². The van der Waals surface area contributed by atoms with E-state index in [2.05, 4.69) is 10.3 Å². The summed E-state index contributed by atoms with van der Waals surface area (Å²) in [5.74, 6) is -0.895. The zero-order valence-corrected chi connectivity index (χ0v) is 20.5. The first kappa shape index (κ1) is 24.0. The number of fused-ring (bicyclic) bond motifs is 1. The van der Waals surface area contributed by atoms with Gasteiger partial charge in [0.1, 0.15) is 22.9 Å². The highest BCUT2D eigenvalue weighted by Crippen LogP contribution is 2.38. The van der Waals surface area contributed by atoms with Crippen molar-refractivity contribution in [3.8, 4) is 0 Å². The summed E-state index contributed by atoms with van der Waals surface area (Å²) in [4.78, 5) is 44.9. The van der Waals surface area contributed by atoms with Crippen molar-refractivity contribution in [2.24, 2.45) is 0 Å². The SMILES string of the molecule is Cc1ncsc1/C=C/C1=C(C(=O)OC(C)(C)C)N2C(=O)[C@@H](NC(=O)OC(C)(C)C)[C@H]2CC1. The summed E-state index contributed by atoms with van der Waals surface area (Å²) in [7, 11) is 0. The van der Waals surface area contributed by atoms with E-state index in [0.29, 0.717) is 12.8 Å². The molecule has 9 heteroatoms. The van der Waals surface area contributed by atoms with Crippen molar-refractivity contribution in [1.29, 1.82) is 0 Å². The number of carbonyl (C=O) groups is 3. The van der Waals surface area contributed by atoms with E-state index in [9.17, 15) is 14.4 Å². The molecule has 0 bridgehead atoms. The number of β-lactam (4-membered cyclic amide) rings is 1. The van der Waals surface area contributed by atoms with Gasteiger partial charge in [-0.3, -0.25) is 9.69 Å². The van der Waals surface area contributed by atoms with E-state index in [1.165, 1.54) is 16.2 Å². The molecule has 1 fully saturated rings. The van der Waals surface area contributed by atoms with E-state index >= 15 is 0 Å². The standard InChI is InChI=1S/C23H31N3O5S/c1-13-16(32-12-24-13)11-9-14-8-10-15-17(25-21(29)31-23(5,6)7)19(27)26(15)18(14)20(28)30-22(2,3)4/h9,11-12,15,17H,8,10H2,1-7H3,(H,25,29)/b11-9+/t15-,17+/m1/s1. The van der Waals surface area contributed by atoms with E-state index in [1.807, 2.05) is 19.1 Å². The molecule has 2 atom stereocenters. The molecule has 0 aromatic carbocycles. The number of hydrogen-bond donors (Lipinski definition) is 1. The minimum Gasteiger partial charge on any atom is -0.455 e. The minimum absolute atomic E-state index is 0.238. The van der Waals surface area contributed by atoms with E-state index < -0.39 is 29.3 Å². The lowest BCUT2D eigenvalue weighted by Gasteiger charge is -2.50. The van der Waals surface area contributed by atoms with Crippen LogP contribution in [0.1, 0.15) is 65.0 Å². The number of nitrogens with one attached hydrogen (secondary N) is 1. The van der Waals surface area contributed by atoms with Gasteiger partial charge in [-0.1, -0.05) is 6.08 Å². The number of alkyl carbamates (subject to hydrolysis) is 1. The summed E-state index contributed by atoms with van der Waals surface area (Å²) < 4.78 is 10.9. The number of thiazole rings is 1. The quantitative estimate of drug-likeness (QED) is 0.538. The Morgan fingerprint density at radius 3 is 2.38 bits per heavy atom. The Bertz CT molecular complexity index is 980. The first-order valence-electron chi connectivity index (χ1n) is 10.6. The van der Waals surface area contributed by atoms with Crippen LogP contribution in [0.2, 0.25) is 0 Å². The van der Waals surface area contributed by atoms with Gasteiger partial charge in [0.25, 0.3) is 5.91 Å². The lowest BCUT2D eigenvalue weighted by atomic mass is 9.83. The summed E-state index contributed by atoms with van der Waals surface area (Å²) in [6.07, 6.45) is 4.31. The van der Waals surface area contributed by atoms with Crippen LogP contribution >= 0.6 is 11.3 Å². The number of esters is 1. The molecule has 1 aromatic rings. The van der Waals surface area contributed by atoms with Gasteiger partial charge in [-0.25, -0.2) is 14.6 Å². The van der Waals surface area contributed by atoms with Crippen LogP contribution in [0.5, 0.6) is 0 Å². The first-order chi connectivity index (χ1) is 14.8. The summed E-state index contributed by atoms with van der Waals surface area (Å²) >= 11 is 1.51. The van der Waals surface area contributed by atoms with Crippen molar-refractivity contribution >= 4 is 35.4 Å². The van der Waals surface area contributed by atoms with Crippen molar-refractivity contribution in [2.45, 2.75) is 84.6 Å². The molecule has 32 heavy (non-hydrogen) atoms. The van der Waals surface area contributed by atoms with Crippen LogP contribution in [-0.4, -0.2) is 51.1 Å². The van der Waals surface area contributed by atoms with E-state index in [-0.39, 0.29) is 17.6 Å². The van der Waals surface area contributed by atoms with Gasteiger partial charge in [0.05, 0.1) is 17.2 Å².